The van der Waals surface area contributed by atoms with Gasteiger partial charge in [0.25, 0.3) is 11.6 Å². The average Bonchev–Trinajstić information content (AvgIpc) is 2.58. The number of ether oxygens (including phenoxy) is 1. The van der Waals surface area contributed by atoms with Crippen LogP contribution in [0.25, 0.3) is 0 Å². The van der Waals surface area contributed by atoms with E-state index in [1.807, 2.05) is 0 Å². The molecule has 1 heterocycles. The quantitative estimate of drug-likeness (QED) is 0.325. The number of hydrogen-bond acceptors (Lipinski definition) is 6. The minimum atomic E-state index is -0.522. The van der Waals surface area contributed by atoms with E-state index in [9.17, 15) is 19.7 Å². The number of thioether (sulfide) groups is 1. The number of likely N-dealkylation sites (tertiary alicyclic amines) is 1. The number of esters is 1. The molecule has 0 radical (unpaired) electrons. The number of benzene rings is 1. The van der Waals surface area contributed by atoms with E-state index in [2.05, 4.69) is 13.8 Å². The van der Waals surface area contributed by atoms with Crippen molar-refractivity contribution in [2.24, 2.45) is 11.8 Å². The van der Waals surface area contributed by atoms with Crippen molar-refractivity contribution in [1.82, 2.24) is 4.90 Å². The molecular formula is C18H24N2O5S. The smallest absolute Gasteiger partial charge is 0.316 e. The van der Waals surface area contributed by atoms with E-state index in [0.717, 1.165) is 18.2 Å². The van der Waals surface area contributed by atoms with Crippen LogP contribution in [0.15, 0.2) is 23.1 Å². The van der Waals surface area contributed by atoms with Crippen LogP contribution in [0.2, 0.25) is 0 Å². The summed E-state index contributed by atoms with van der Waals surface area (Å²) in [6.45, 7) is 7.50. The van der Waals surface area contributed by atoms with E-state index >= 15 is 0 Å². The van der Waals surface area contributed by atoms with Crippen LogP contribution in [0, 0.1) is 22.0 Å². The molecule has 142 valence electrons. The number of nitro benzene ring substituents is 1. The molecule has 1 aromatic rings. The third-order valence-corrected chi connectivity index (χ3v) is 5.25. The topological polar surface area (TPSA) is 89.8 Å². The van der Waals surface area contributed by atoms with E-state index in [1.54, 1.807) is 17.9 Å². The number of rotatable bonds is 6. The molecule has 8 heteroatoms. The van der Waals surface area contributed by atoms with Crippen molar-refractivity contribution in [1.29, 1.82) is 0 Å². The molecule has 0 bridgehead atoms. The molecule has 0 spiro atoms. The van der Waals surface area contributed by atoms with Gasteiger partial charge in [-0.1, -0.05) is 13.8 Å². The second-order valence-corrected chi connectivity index (χ2v) is 7.71. The maximum atomic E-state index is 12.8. The van der Waals surface area contributed by atoms with Crippen molar-refractivity contribution < 1.29 is 19.2 Å². The van der Waals surface area contributed by atoms with Crippen LogP contribution in [0.1, 0.15) is 37.6 Å². The van der Waals surface area contributed by atoms with Gasteiger partial charge in [0.05, 0.1) is 22.2 Å². The van der Waals surface area contributed by atoms with Gasteiger partial charge in [-0.2, -0.15) is 0 Å². The molecule has 2 rings (SSSR count). The van der Waals surface area contributed by atoms with Gasteiger partial charge in [0, 0.05) is 24.7 Å². The van der Waals surface area contributed by atoms with Crippen molar-refractivity contribution in [3.8, 4) is 0 Å². The van der Waals surface area contributed by atoms with Gasteiger partial charge in [0.1, 0.15) is 0 Å². The normalized spacial score (nSPS) is 19.9. The highest BCUT2D eigenvalue weighted by Gasteiger charge is 2.27. The Morgan fingerprint density at radius 2 is 1.96 bits per heavy atom. The molecular weight excluding hydrogens is 356 g/mol. The lowest BCUT2D eigenvalue weighted by molar-refractivity contribution is -0.387. The predicted molar refractivity (Wildman–Crippen MR) is 99.3 cm³/mol. The van der Waals surface area contributed by atoms with Crippen LogP contribution in [-0.4, -0.2) is 47.1 Å². The number of amides is 1. The maximum Gasteiger partial charge on any atom is 0.316 e. The fourth-order valence-corrected chi connectivity index (χ4v) is 4.07. The zero-order chi connectivity index (χ0) is 19.3. The Hall–Kier alpha value is -2.09. The summed E-state index contributed by atoms with van der Waals surface area (Å²) >= 11 is 1.04. The summed E-state index contributed by atoms with van der Waals surface area (Å²) in [6, 6.07) is 4.43. The van der Waals surface area contributed by atoms with E-state index in [1.165, 1.54) is 12.1 Å². The molecule has 1 aliphatic heterocycles. The first kappa shape index (κ1) is 20.2. The predicted octanol–water partition coefficient (Wildman–Crippen LogP) is 3.37. The number of piperidine rings is 1. The lowest BCUT2D eigenvalue weighted by Crippen LogP contribution is -2.42. The largest absolute Gasteiger partial charge is 0.465 e. The molecule has 0 aliphatic carbocycles. The van der Waals surface area contributed by atoms with Gasteiger partial charge in [0.15, 0.2) is 0 Å². The second-order valence-electron chi connectivity index (χ2n) is 6.69. The van der Waals surface area contributed by atoms with Gasteiger partial charge < -0.3 is 9.64 Å². The fourth-order valence-electron chi connectivity index (χ4n) is 3.27. The standard InChI is InChI=1S/C18H24N2O5S/c1-4-25-17(21)11-26-16-6-5-14(8-15(16)20(23)24)18(22)19-9-12(2)7-13(3)10-19/h5-6,8,12-13H,4,7,9-11H2,1-3H3/t12-,13-/m0/s1. The van der Waals surface area contributed by atoms with Crippen LogP contribution in [0.4, 0.5) is 5.69 Å². The van der Waals surface area contributed by atoms with Crippen molar-refractivity contribution in [3.63, 3.8) is 0 Å². The maximum absolute atomic E-state index is 12.8. The van der Waals surface area contributed by atoms with Crippen LogP contribution >= 0.6 is 11.8 Å². The van der Waals surface area contributed by atoms with Crippen LogP contribution in [0.5, 0.6) is 0 Å². The lowest BCUT2D eigenvalue weighted by Gasteiger charge is -2.35. The van der Waals surface area contributed by atoms with Gasteiger partial charge in [-0.15, -0.1) is 11.8 Å². The van der Waals surface area contributed by atoms with Gasteiger partial charge >= 0.3 is 5.97 Å². The van der Waals surface area contributed by atoms with Crippen LogP contribution in [0.3, 0.4) is 0 Å². The summed E-state index contributed by atoms with van der Waals surface area (Å²) in [5.74, 6) is 0.203. The molecule has 26 heavy (non-hydrogen) atoms. The van der Waals surface area contributed by atoms with Crippen molar-refractivity contribution >= 4 is 29.3 Å². The minimum Gasteiger partial charge on any atom is -0.465 e. The van der Waals surface area contributed by atoms with Crippen LogP contribution < -0.4 is 0 Å². The zero-order valence-corrected chi connectivity index (χ0v) is 16.1. The van der Waals surface area contributed by atoms with E-state index in [4.69, 9.17) is 4.74 Å². The number of nitrogens with zero attached hydrogens (tertiary/aromatic N) is 2. The molecule has 7 nitrogen and oxygen atoms in total. The lowest BCUT2D eigenvalue weighted by atomic mass is 9.91. The fraction of sp³-hybridized carbons (Fsp3) is 0.556. The Morgan fingerprint density at radius 1 is 1.31 bits per heavy atom. The van der Waals surface area contributed by atoms with Crippen molar-refractivity contribution in [2.75, 3.05) is 25.4 Å². The number of carbonyl (C=O) groups is 2. The summed E-state index contributed by atoms with van der Waals surface area (Å²) in [7, 11) is 0. The van der Waals surface area contributed by atoms with Crippen molar-refractivity contribution in [2.45, 2.75) is 32.1 Å². The first-order valence-electron chi connectivity index (χ1n) is 8.68. The molecule has 0 unspecified atom stereocenters. The Balaban J connectivity index is 2.17. The van der Waals surface area contributed by atoms with Gasteiger partial charge in [0.2, 0.25) is 0 Å². The monoisotopic (exact) mass is 380 g/mol. The van der Waals surface area contributed by atoms with Crippen molar-refractivity contribution in [3.05, 3.63) is 33.9 Å². The molecule has 0 aromatic heterocycles. The van der Waals surface area contributed by atoms with Gasteiger partial charge in [-0.05, 0) is 37.3 Å². The van der Waals surface area contributed by atoms with Gasteiger partial charge in [-0.3, -0.25) is 19.7 Å². The van der Waals surface area contributed by atoms with E-state index in [0.29, 0.717) is 35.4 Å². The third-order valence-electron chi connectivity index (χ3n) is 4.21. The Bertz CT molecular complexity index is 684. The highest BCUT2D eigenvalue weighted by Crippen LogP contribution is 2.31. The number of carbonyl (C=O) groups excluding carboxylic acids is 2. The first-order valence-corrected chi connectivity index (χ1v) is 9.66. The average molecular weight is 380 g/mol. The summed E-state index contributed by atoms with van der Waals surface area (Å²) < 4.78 is 4.83. The highest BCUT2D eigenvalue weighted by atomic mass is 32.2. The molecule has 1 saturated heterocycles. The summed E-state index contributed by atoms with van der Waals surface area (Å²) in [6.07, 6.45) is 1.08. The summed E-state index contributed by atoms with van der Waals surface area (Å²) in [5.41, 5.74) is 0.140. The number of hydrogen-bond donors (Lipinski definition) is 0. The van der Waals surface area contributed by atoms with E-state index in [-0.39, 0.29) is 24.0 Å². The zero-order valence-electron chi connectivity index (χ0n) is 15.3. The third kappa shape index (κ3) is 5.20. The Kier molecular flexibility index (Phi) is 7.02. The molecule has 0 saturated carbocycles. The molecule has 0 N–H and O–H groups in total. The SMILES string of the molecule is CCOC(=O)CSc1ccc(C(=O)N2C[C@@H](C)C[C@H](C)C2)cc1[N+](=O)[O-]. The highest BCUT2D eigenvalue weighted by molar-refractivity contribution is 8.00. The molecule has 1 amide bonds. The molecule has 1 aromatic carbocycles. The van der Waals surface area contributed by atoms with Gasteiger partial charge in [-0.25, -0.2) is 0 Å². The van der Waals surface area contributed by atoms with E-state index < -0.39 is 10.9 Å². The minimum absolute atomic E-state index is 0.0108. The molecule has 2 atom stereocenters. The Labute approximate surface area is 157 Å². The summed E-state index contributed by atoms with van der Waals surface area (Å²) in [4.78, 5) is 37.2. The Morgan fingerprint density at radius 3 is 2.54 bits per heavy atom. The summed E-state index contributed by atoms with van der Waals surface area (Å²) in [5, 5.41) is 11.4. The molecule has 1 fully saturated rings. The molecule has 1 aliphatic rings. The second kappa shape index (κ2) is 9.02. The number of nitro groups is 1. The first-order chi connectivity index (χ1) is 12.3. The van der Waals surface area contributed by atoms with Crippen LogP contribution in [-0.2, 0) is 9.53 Å².